The highest BCUT2D eigenvalue weighted by molar-refractivity contribution is 6.33. The molecule has 0 unspecified atom stereocenters. The summed E-state index contributed by atoms with van der Waals surface area (Å²) >= 11 is 11.5. The van der Waals surface area contributed by atoms with Gasteiger partial charge in [0, 0.05) is 6.20 Å². The summed E-state index contributed by atoms with van der Waals surface area (Å²) in [6.07, 6.45) is 1.46. The number of carboxylic acids is 1. The van der Waals surface area contributed by atoms with Crippen LogP contribution in [0.25, 0.3) is 5.52 Å². The largest absolute Gasteiger partial charge is 0.475 e. The van der Waals surface area contributed by atoms with Gasteiger partial charge in [-0.1, -0.05) is 23.2 Å². The Bertz CT molecular complexity index is 521. The zero-order chi connectivity index (χ0) is 10.3. The summed E-state index contributed by atoms with van der Waals surface area (Å²) < 4.78 is 1.34. The first-order chi connectivity index (χ1) is 6.59. The van der Waals surface area contributed by atoms with Crippen LogP contribution >= 0.6 is 23.2 Å². The van der Waals surface area contributed by atoms with Crippen molar-refractivity contribution in [2.45, 2.75) is 0 Å². The SMILES string of the molecule is O=C(O)c1nc(Cl)c2ccc(Cl)cn12. The Hall–Kier alpha value is -1.26. The number of imidazole rings is 1. The van der Waals surface area contributed by atoms with Gasteiger partial charge in [-0.15, -0.1) is 0 Å². The van der Waals surface area contributed by atoms with Crippen molar-refractivity contribution in [3.05, 3.63) is 34.3 Å². The first kappa shape index (κ1) is 9.30. The normalized spacial score (nSPS) is 10.7. The third kappa shape index (κ3) is 1.32. The summed E-state index contributed by atoms with van der Waals surface area (Å²) in [7, 11) is 0. The van der Waals surface area contributed by atoms with E-state index < -0.39 is 5.97 Å². The van der Waals surface area contributed by atoms with Crippen LogP contribution < -0.4 is 0 Å². The fraction of sp³-hybridized carbons (Fsp3) is 0. The van der Waals surface area contributed by atoms with Crippen molar-refractivity contribution >= 4 is 34.7 Å². The molecule has 0 aliphatic rings. The van der Waals surface area contributed by atoms with Gasteiger partial charge in [0.25, 0.3) is 0 Å². The number of aromatic nitrogens is 2. The van der Waals surface area contributed by atoms with E-state index >= 15 is 0 Å². The van der Waals surface area contributed by atoms with E-state index in [2.05, 4.69) is 4.98 Å². The molecule has 0 aliphatic heterocycles. The number of rotatable bonds is 1. The predicted octanol–water partition coefficient (Wildman–Crippen LogP) is 2.34. The molecular weight excluding hydrogens is 227 g/mol. The Morgan fingerprint density at radius 2 is 2.14 bits per heavy atom. The Kier molecular flexibility index (Phi) is 2.09. The van der Waals surface area contributed by atoms with E-state index in [1.165, 1.54) is 10.6 Å². The molecule has 6 heteroatoms. The molecule has 14 heavy (non-hydrogen) atoms. The molecule has 2 rings (SSSR count). The van der Waals surface area contributed by atoms with Crippen LogP contribution in [0.3, 0.4) is 0 Å². The molecular formula is C8H4Cl2N2O2. The topological polar surface area (TPSA) is 54.6 Å². The predicted molar refractivity (Wildman–Crippen MR) is 52.2 cm³/mol. The number of hydrogen-bond acceptors (Lipinski definition) is 2. The van der Waals surface area contributed by atoms with Gasteiger partial charge in [0.2, 0.25) is 5.82 Å². The smallest absolute Gasteiger partial charge is 0.372 e. The van der Waals surface area contributed by atoms with E-state index in [0.29, 0.717) is 10.5 Å². The van der Waals surface area contributed by atoms with Crippen LogP contribution in [0.1, 0.15) is 10.6 Å². The van der Waals surface area contributed by atoms with Crippen molar-refractivity contribution in [1.82, 2.24) is 9.38 Å². The number of hydrogen-bond donors (Lipinski definition) is 1. The minimum Gasteiger partial charge on any atom is -0.475 e. The molecule has 72 valence electrons. The monoisotopic (exact) mass is 230 g/mol. The van der Waals surface area contributed by atoms with Crippen LogP contribution in [0.4, 0.5) is 0 Å². The molecule has 4 nitrogen and oxygen atoms in total. The molecule has 0 fully saturated rings. The molecule has 0 aromatic carbocycles. The van der Waals surface area contributed by atoms with Crippen LogP contribution in [0.5, 0.6) is 0 Å². The van der Waals surface area contributed by atoms with Gasteiger partial charge < -0.3 is 5.11 Å². The molecule has 2 aromatic heterocycles. The maximum atomic E-state index is 10.8. The van der Waals surface area contributed by atoms with Gasteiger partial charge in [0.15, 0.2) is 5.15 Å². The number of fused-ring (bicyclic) bond motifs is 1. The Balaban J connectivity index is 2.85. The third-order valence-electron chi connectivity index (χ3n) is 1.75. The van der Waals surface area contributed by atoms with Crippen LogP contribution in [0.2, 0.25) is 10.2 Å². The number of halogens is 2. The van der Waals surface area contributed by atoms with E-state index in [1.807, 2.05) is 0 Å². The third-order valence-corrected chi connectivity index (χ3v) is 2.25. The van der Waals surface area contributed by atoms with Gasteiger partial charge >= 0.3 is 5.97 Å². The summed E-state index contributed by atoms with van der Waals surface area (Å²) in [6, 6.07) is 3.24. The lowest BCUT2D eigenvalue weighted by atomic mass is 10.4. The fourth-order valence-electron chi connectivity index (χ4n) is 1.17. The fourth-order valence-corrected chi connectivity index (χ4v) is 1.57. The molecule has 1 N–H and O–H groups in total. The number of carbonyl (C=O) groups is 1. The highest BCUT2D eigenvalue weighted by Gasteiger charge is 2.14. The lowest BCUT2D eigenvalue weighted by Gasteiger charge is -1.96. The summed E-state index contributed by atoms with van der Waals surface area (Å²) in [4.78, 5) is 14.5. The second-order valence-electron chi connectivity index (χ2n) is 2.63. The van der Waals surface area contributed by atoms with Crippen LogP contribution in [0, 0.1) is 0 Å². The summed E-state index contributed by atoms with van der Waals surface area (Å²) in [5, 5.41) is 9.38. The van der Waals surface area contributed by atoms with Crippen molar-refractivity contribution in [1.29, 1.82) is 0 Å². The van der Waals surface area contributed by atoms with Crippen molar-refractivity contribution in [3.8, 4) is 0 Å². The molecule has 0 bridgehead atoms. The van der Waals surface area contributed by atoms with E-state index in [0.717, 1.165) is 0 Å². The lowest BCUT2D eigenvalue weighted by molar-refractivity contribution is 0.0683. The Morgan fingerprint density at radius 1 is 1.43 bits per heavy atom. The molecule has 0 saturated carbocycles. The van der Waals surface area contributed by atoms with E-state index in [4.69, 9.17) is 28.3 Å². The second kappa shape index (κ2) is 3.15. The van der Waals surface area contributed by atoms with E-state index in [1.54, 1.807) is 12.1 Å². The lowest BCUT2D eigenvalue weighted by Crippen LogP contribution is -2.03. The minimum absolute atomic E-state index is 0.146. The van der Waals surface area contributed by atoms with E-state index in [-0.39, 0.29) is 11.0 Å². The maximum absolute atomic E-state index is 10.8. The highest BCUT2D eigenvalue weighted by atomic mass is 35.5. The van der Waals surface area contributed by atoms with Crippen LogP contribution in [0.15, 0.2) is 18.3 Å². The minimum atomic E-state index is -1.14. The van der Waals surface area contributed by atoms with Crippen molar-refractivity contribution in [2.24, 2.45) is 0 Å². The van der Waals surface area contributed by atoms with Crippen molar-refractivity contribution < 1.29 is 9.90 Å². The van der Waals surface area contributed by atoms with Crippen LogP contribution in [-0.2, 0) is 0 Å². The Morgan fingerprint density at radius 3 is 2.79 bits per heavy atom. The molecule has 0 aliphatic carbocycles. The molecule has 0 atom stereocenters. The maximum Gasteiger partial charge on any atom is 0.372 e. The van der Waals surface area contributed by atoms with Gasteiger partial charge in [-0.05, 0) is 12.1 Å². The number of aromatic carboxylic acids is 1. The highest BCUT2D eigenvalue weighted by Crippen LogP contribution is 2.20. The zero-order valence-electron chi connectivity index (χ0n) is 6.74. The molecule has 2 aromatic rings. The average molecular weight is 231 g/mol. The quantitative estimate of drug-likeness (QED) is 0.819. The number of pyridine rings is 1. The van der Waals surface area contributed by atoms with E-state index in [9.17, 15) is 4.79 Å². The number of nitrogens with zero attached hydrogens (tertiary/aromatic N) is 2. The molecule has 0 saturated heterocycles. The van der Waals surface area contributed by atoms with Crippen molar-refractivity contribution in [3.63, 3.8) is 0 Å². The van der Waals surface area contributed by atoms with Crippen molar-refractivity contribution in [2.75, 3.05) is 0 Å². The van der Waals surface area contributed by atoms with Gasteiger partial charge in [0.1, 0.15) is 0 Å². The standard InChI is InChI=1S/C8H4Cl2N2O2/c9-4-1-2-5-6(10)11-7(8(13)14)12(5)3-4/h1-3H,(H,13,14). The first-order valence-corrected chi connectivity index (χ1v) is 4.41. The first-order valence-electron chi connectivity index (χ1n) is 3.66. The summed E-state index contributed by atoms with van der Waals surface area (Å²) in [5.41, 5.74) is 0.522. The van der Waals surface area contributed by atoms with Gasteiger partial charge in [0.05, 0.1) is 10.5 Å². The molecule has 2 heterocycles. The van der Waals surface area contributed by atoms with Gasteiger partial charge in [-0.2, -0.15) is 0 Å². The van der Waals surface area contributed by atoms with Gasteiger partial charge in [-0.25, -0.2) is 9.78 Å². The van der Waals surface area contributed by atoms with Gasteiger partial charge in [-0.3, -0.25) is 4.40 Å². The summed E-state index contributed by atoms with van der Waals surface area (Å²) in [6.45, 7) is 0. The molecule has 0 radical (unpaired) electrons. The zero-order valence-corrected chi connectivity index (χ0v) is 8.25. The average Bonchev–Trinajstić information content (AvgIpc) is 2.43. The molecule has 0 amide bonds. The van der Waals surface area contributed by atoms with Crippen LogP contribution in [-0.4, -0.2) is 20.5 Å². The Labute approximate surface area is 88.7 Å². The second-order valence-corrected chi connectivity index (χ2v) is 3.43. The number of carboxylic acid groups (broad SMARTS) is 1. The molecule has 0 spiro atoms. The summed E-state index contributed by atoms with van der Waals surface area (Å²) in [5.74, 6) is -1.29.